The lowest BCUT2D eigenvalue weighted by molar-refractivity contribution is -0.385. The predicted molar refractivity (Wildman–Crippen MR) is 61.7 cm³/mol. The van der Waals surface area contributed by atoms with E-state index >= 15 is 0 Å². The molecule has 19 heavy (non-hydrogen) atoms. The Balaban J connectivity index is 2.44. The van der Waals surface area contributed by atoms with Crippen LogP contribution in [-0.2, 0) is 0 Å². The van der Waals surface area contributed by atoms with Gasteiger partial charge in [-0.1, -0.05) is 12.1 Å². The van der Waals surface area contributed by atoms with Gasteiger partial charge in [0.2, 0.25) is 0 Å². The summed E-state index contributed by atoms with van der Waals surface area (Å²) in [6.07, 6.45) is 1.80. The molecule has 0 unspecified atom stereocenters. The molecule has 1 aromatic carbocycles. The number of hydrogen-bond acceptors (Lipinski definition) is 6. The minimum absolute atomic E-state index is 0.189. The molecule has 96 valence electrons. The summed E-state index contributed by atoms with van der Waals surface area (Å²) >= 11 is 0. The second kappa shape index (κ2) is 4.64. The quantitative estimate of drug-likeness (QED) is 0.608. The van der Waals surface area contributed by atoms with E-state index in [4.69, 9.17) is 0 Å². The van der Waals surface area contributed by atoms with Gasteiger partial charge >= 0.3 is 5.69 Å². The molecule has 2 rings (SSSR count). The summed E-state index contributed by atoms with van der Waals surface area (Å²) in [6, 6.07) is 5.30. The van der Waals surface area contributed by atoms with E-state index in [1.165, 1.54) is 24.3 Å². The number of nitrogens with zero attached hydrogens (tertiary/aromatic N) is 4. The molecule has 0 bridgehead atoms. The van der Waals surface area contributed by atoms with Crippen molar-refractivity contribution >= 4 is 17.3 Å². The lowest BCUT2D eigenvalue weighted by Gasteiger charge is -2.00. The summed E-state index contributed by atoms with van der Waals surface area (Å²) < 4.78 is 0.695. The van der Waals surface area contributed by atoms with Gasteiger partial charge in [-0.15, -0.1) is 0 Å². The summed E-state index contributed by atoms with van der Waals surface area (Å²) in [5, 5.41) is 24.8. The molecule has 0 fully saturated rings. The highest BCUT2D eigenvalue weighted by molar-refractivity contribution is 5.99. The molecular formula is C10H6N4O5. The number of nitro groups is 2. The highest BCUT2D eigenvalue weighted by Crippen LogP contribution is 2.19. The maximum atomic E-state index is 12.0. The molecule has 0 spiro atoms. The van der Waals surface area contributed by atoms with Gasteiger partial charge in [0.15, 0.2) is 0 Å². The summed E-state index contributed by atoms with van der Waals surface area (Å²) in [5.74, 6) is -0.805. The number of carbonyl (C=O) groups excluding carboxylic acids is 1. The number of aromatic nitrogens is 2. The summed E-state index contributed by atoms with van der Waals surface area (Å²) in [5.41, 5.74) is -0.942. The van der Waals surface area contributed by atoms with Crippen LogP contribution < -0.4 is 0 Å². The Morgan fingerprint density at radius 3 is 2.42 bits per heavy atom. The molecule has 0 aliphatic heterocycles. The maximum Gasteiger partial charge on any atom is 0.307 e. The van der Waals surface area contributed by atoms with Gasteiger partial charge in [0.1, 0.15) is 18.0 Å². The third-order valence-corrected chi connectivity index (χ3v) is 2.32. The molecule has 0 aliphatic rings. The molecule has 0 saturated carbocycles. The number of carbonyl (C=O) groups is 1. The van der Waals surface area contributed by atoms with Crippen molar-refractivity contribution < 1.29 is 14.6 Å². The molecule has 0 radical (unpaired) electrons. The molecule has 0 N–H and O–H groups in total. The van der Waals surface area contributed by atoms with E-state index in [0.717, 1.165) is 12.4 Å². The van der Waals surface area contributed by atoms with Crippen LogP contribution in [0.4, 0.5) is 11.4 Å². The van der Waals surface area contributed by atoms with Crippen molar-refractivity contribution in [1.29, 1.82) is 0 Å². The van der Waals surface area contributed by atoms with E-state index in [-0.39, 0.29) is 16.9 Å². The first-order valence-electron chi connectivity index (χ1n) is 4.98. The van der Waals surface area contributed by atoms with Gasteiger partial charge in [-0.3, -0.25) is 25.0 Å². The van der Waals surface area contributed by atoms with Crippen LogP contribution in [0.1, 0.15) is 10.4 Å². The van der Waals surface area contributed by atoms with Crippen molar-refractivity contribution in [2.75, 3.05) is 0 Å². The van der Waals surface area contributed by atoms with Gasteiger partial charge in [0, 0.05) is 6.07 Å². The van der Waals surface area contributed by atoms with Gasteiger partial charge in [0.05, 0.1) is 9.85 Å². The van der Waals surface area contributed by atoms with E-state index < -0.39 is 15.8 Å². The van der Waals surface area contributed by atoms with Crippen LogP contribution in [0.5, 0.6) is 0 Å². The van der Waals surface area contributed by atoms with Crippen LogP contribution in [-0.4, -0.2) is 25.5 Å². The van der Waals surface area contributed by atoms with Crippen molar-refractivity contribution in [3.05, 3.63) is 62.5 Å². The van der Waals surface area contributed by atoms with Crippen molar-refractivity contribution in [2.45, 2.75) is 0 Å². The highest BCUT2D eigenvalue weighted by atomic mass is 16.6. The average Bonchev–Trinajstić information content (AvgIpc) is 2.87. The van der Waals surface area contributed by atoms with Gasteiger partial charge < -0.3 is 0 Å². The lowest BCUT2D eigenvalue weighted by Crippen LogP contribution is -2.14. The summed E-state index contributed by atoms with van der Waals surface area (Å²) in [4.78, 5) is 31.8. The van der Waals surface area contributed by atoms with Crippen LogP contribution >= 0.6 is 0 Å². The molecule has 9 nitrogen and oxygen atoms in total. The van der Waals surface area contributed by atoms with E-state index in [9.17, 15) is 25.0 Å². The molecule has 0 atom stereocenters. The SMILES string of the molecule is O=C(c1ccccc1[N+](=O)[O-])n1cc([N+](=O)[O-])cn1. The normalized spacial score (nSPS) is 10.1. The smallest absolute Gasteiger partial charge is 0.266 e. The topological polar surface area (TPSA) is 121 Å². The second-order valence-electron chi connectivity index (χ2n) is 3.48. The zero-order chi connectivity index (χ0) is 14.0. The van der Waals surface area contributed by atoms with E-state index in [2.05, 4.69) is 5.10 Å². The van der Waals surface area contributed by atoms with Crippen LogP contribution in [0.2, 0.25) is 0 Å². The van der Waals surface area contributed by atoms with Crippen molar-refractivity contribution in [2.24, 2.45) is 0 Å². The Labute approximate surface area is 105 Å². The first-order chi connectivity index (χ1) is 9.00. The Kier molecular flexibility index (Phi) is 3.02. The third-order valence-electron chi connectivity index (χ3n) is 2.32. The highest BCUT2D eigenvalue weighted by Gasteiger charge is 2.22. The van der Waals surface area contributed by atoms with Crippen LogP contribution in [0, 0.1) is 20.2 Å². The molecule has 0 saturated heterocycles. The fourth-order valence-electron chi connectivity index (χ4n) is 1.46. The van der Waals surface area contributed by atoms with E-state index in [1.54, 1.807) is 0 Å². The standard InChI is InChI=1S/C10H6N4O5/c15-10(12-6-7(5-11-12)13(16)17)8-3-1-2-4-9(8)14(18)19/h1-6H. The van der Waals surface area contributed by atoms with Crippen LogP contribution in [0.25, 0.3) is 0 Å². The first kappa shape index (κ1) is 12.4. The van der Waals surface area contributed by atoms with Crippen LogP contribution in [0.3, 0.4) is 0 Å². The summed E-state index contributed by atoms with van der Waals surface area (Å²) in [6.45, 7) is 0. The fourth-order valence-corrected chi connectivity index (χ4v) is 1.46. The van der Waals surface area contributed by atoms with Crippen molar-refractivity contribution in [3.8, 4) is 0 Å². The van der Waals surface area contributed by atoms with E-state index in [0.29, 0.717) is 4.68 Å². The first-order valence-corrected chi connectivity index (χ1v) is 4.98. The zero-order valence-electron chi connectivity index (χ0n) is 9.29. The average molecular weight is 262 g/mol. The monoisotopic (exact) mass is 262 g/mol. The minimum atomic E-state index is -0.805. The predicted octanol–water partition coefficient (Wildman–Crippen LogP) is 1.39. The Hall–Kier alpha value is -3.10. The number of hydrogen-bond donors (Lipinski definition) is 0. The van der Waals surface area contributed by atoms with E-state index in [1.807, 2.05) is 0 Å². The fraction of sp³-hybridized carbons (Fsp3) is 0. The number of rotatable bonds is 3. The number of nitro benzene ring substituents is 1. The number of benzene rings is 1. The largest absolute Gasteiger partial charge is 0.307 e. The van der Waals surface area contributed by atoms with Gasteiger partial charge in [0.25, 0.3) is 11.6 Å². The molecule has 1 aromatic heterocycles. The molecule has 2 aromatic rings. The summed E-state index contributed by atoms with van der Waals surface area (Å²) in [7, 11) is 0. The molecular weight excluding hydrogens is 256 g/mol. The van der Waals surface area contributed by atoms with Crippen LogP contribution in [0.15, 0.2) is 36.7 Å². The Morgan fingerprint density at radius 2 is 1.84 bits per heavy atom. The minimum Gasteiger partial charge on any atom is -0.266 e. The molecule has 9 heteroatoms. The number of para-hydroxylation sites is 1. The van der Waals surface area contributed by atoms with Crippen molar-refractivity contribution in [1.82, 2.24) is 9.78 Å². The second-order valence-corrected chi connectivity index (χ2v) is 3.48. The molecule has 1 heterocycles. The Bertz CT molecular complexity index is 678. The molecule has 0 aliphatic carbocycles. The lowest BCUT2D eigenvalue weighted by atomic mass is 10.1. The molecule has 0 amide bonds. The third kappa shape index (κ3) is 2.29. The van der Waals surface area contributed by atoms with Gasteiger partial charge in [-0.25, -0.2) is 0 Å². The zero-order valence-corrected chi connectivity index (χ0v) is 9.29. The Morgan fingerprint density at radius 1 is 1.16 bits per heavy atom. The van der Waals surface area contributed by atoms with Crippen molar-refractivity contribution in [3.63, 3.8) is 0 Å². The maximum absolute atomic E-state index is 12.0. The van der Waals surface area contributed by atoms with Gasteiger partial charge in [-0.2, -0.15) is 9.78 Å². The van der Waals surface area contributed by atoms with Gasteiger partial charge in [-0.05, 0) is 6.07 Å².